The molecule has 0 saturated carbocycles. The first-order valence-electron chi connectivity index (χ1n) is 8.12. The molecule has 2 heterocycles. The number of benzene rings is 1. The Morgan fingerprint density at radius 1 is 1.38 bits per heavy atom. The summed E-state index contributed by atoms with van der Waals surface area (Å²) in [6.45, 7) is 5.29. The maximum Gasteiger partial charge on any atom is 0.225 e. The second-order valence-corrected chi connectivity index (χ2v) is 6.27. The number of ether oxygens (including phenoxy) is 1. The van der Waals surface area contributed by atoms with Gasteiger partial charge in [-0.15, -0.1) is 0 Å². The number of aromatic nitrogens is 1. The highest BCUT2D eigenvalue weighted by Gasteiger charge is 2.29. The molecule has 1 aliphatic rings. The topological polar surface area (TPSA) is 55.6 Å². The SMILES string of the molecule is CC(C)C(=O)N1CCO[C@H](c2ncc(Cc3ccc(F)cc3)o2)C1. The lowest BCUT2D eigenvalue weighted by Gasteiger charge is -2.32. The van der Waals surface area contributed by atoms with Gasteiger partial charge in [-0.3, -0.25) is 4.79 Å². The van der Waals surface area contributed by atoms with Gasteiger partial charge in [0.05, 0.1) is 19.3 Å². The molecule has 1 atom stereocenters. The minimum Gasteiger partial charge on any atom is -0.442 e. The molecular formula is C18H21FN2O3. The molecule has 1 aromatic carbocycles. The second kappa shape index (κ2) is 7.13. The van der Waals surface area contributed by atoms with Crippen LogP contribution in [-0.2, 0) is 16.0 Å². The molecule has 1 aromatic heterocycles. The fourth-order valence-electron chi connectivity index (χ4n) is 2.72. The molecule has 1 saturated heterocycles. The van der Waals surface area contributed by atoms with E-state index in [0.29, 0.717) is 37.8 Å². The first-order chi connectivity index (χ1) is 11.5. The van der Waals surface area contributed by atoms with Crippen molar-refractivity contribution < 1.29 is 18.3 Å². The van der Waals surface area contributed by atoms with Gasteiger partial charge in [-0.05, 0) is 17.7 Å². The smallest absolute Gasteiger partial charge is 0.225 e. The van der Waals surface area contributed by atoms with E-state index in [4.69, 9.17) is 9.15 Å². The zero-order chi connectivity index (χ0) is 17.1. The Balaban J connectivity index is 1.66. The molecule has 0 unspecified atom stereocenters. The summed E-state index contributed by atoms with van der Waals surface area (Å²) >= 11 is 0. The van der Waals surface area contributed by atoms with E-state index >= 15 is 0 Å². The number of carbonyl (C=O) groups excluding carboxylic acids is 1. The lowest BCUT2D eigenvalue weighted by molar-refractivity contribution is -0.143. The van der Waals surface area contributed by atoms with Crippen LogP contribution in [0.4, 0.5) is 4.39 Å². The standard InChI is InChI=1S/C18H21FN2O3/c1-12(2)18(22)21-7-8-23-16(11-21)17-20-10-15(24-17)9-13-3-5-14(19)6-4-13/h3-6,10,12,16H,7-9,11H2,1-2H3/t16-/m0/s1. The minimum atomic E-state index is -0.344. The molecule has 24 heavy (non-hydrogen) atoms. The van der Waals surface area contributed by atoms with Gasteiger partial charge in [0, 0.05) is 18.9 Å². The van der Waals surface area contributed by atoms with Gasteiger partial charge >= 0.3 is 0 Å². The molecule has 0 spiro atoms. The first kappa shape index (κ1) is 16.6. The van der Waals surface area contributed by atoms with E-state index in [0.717, 1.165) is 5.56 Å². The van der Waals surface area contributed by atoms with Crippen molar-refractivity contribution in [3.63, 3.8) is 0 Å². The average molecular weight is 332 g/mol. The molecule has 3 rings (SSSR count). The van der Waals surface area contributed by atoms with E-state index in [1.54, 1.807) is 23.2 Å². The van der Waals surface area contributed by atoms with Crippen LogP contribution in [0.25, 0.3) is 0 Å². The summed E-state index contributed by atoms with van der Waals surface area (Å²) in [7, 11) is 0. The van der Waals surface area contributed by atoms with E-state index in [-0.39, 0.29) is 23.7 Å². The van der Waals surface area contributed by atoms with Gasteiger partial charge in [0.1, 0.15) is 11.6 Å². The predicted molar refractivity (Wildman–Crippen MR) is 85.8 cm³/mol. The van der Waals surface area contributed by atoms with Crippen molar-refractivity contribution in [3.05, 3.63) is 53.5 Å². The van der Waals surface area contributed by atoms with Crippen molar-refractivity contribution in [2.24, 2.45) is 5.92 Å². The fraction of sp³-hybridized carbons (Fsp3) is 0.444. The Labute approximate surface area is 140 Å². The number of morpholine rings is 1. The third-order valence-corrected chi connectivity index (χ3v) is 4.01. The summed E-state index contributed by atoms with van der Waals surface area (Å²) in [5.41, 5.74) is 0.945. The van der Waals surface area contributed by atoms with Gasteiger partial charge in [0.25, 0.3) is 0 Å². The highest BCUT2D eigenvalue weighted by molar-refractivity contribution is 5.78. The number of nitrogens with zero attached hydrogens (tertiary/aromatic N) is 2. The molecule has 0 radical (unpaired) electrons. The van der Waals surface area contributed by atoms with Crippen molar-refractivity contribution in [2.45, 2.75) is 26.4 Å². The van der Waals surface area contributed by atoms with Crippen molar-refractivity contribution >= 4 is 5.91 Å². The third-order valence-electron chi connectivity index (χ3n) is 4.01. The van der Waals surface area contributed by atoms with Gasteiger partial charge in [-0.25, -0.2) is 9.37 Å². The number of amides is 1. The van der Waals surface area contributed by atoms with Crippen LogP contribution in [0.2, 0.25) is 0 Å². The van der Waals surface area contributed by atoms with Crippen LogP contribution in [0.1, 0.15) is 37.2 Å². The lowest BCUT2D eigenvalue weighted by Crippen LogP contribution is -2.44. The Morgan fingerprint density at radius 2 is 2.12 bits per heavy atom. The molecule has 1 aliphatic heterocycles. The number of oxazole rings is 1. The van der Waals surface area contributed by atoms with Gasteiger partial charge in [0.2, 0.25) is 11.8 Å². The average Bonchev–Trinajstić information content (AvgIpc) is 3.05. The number of hydrogen-bond acceptors (Lipinski definition) is 4. The van der Waals surface area contributed by atoms with Crippen LogP contribution in [0.5, 0.6) is 0 Å². The van der Waals surface area contributed by atoms with E-state index < -0.39 is 0 Å². The Hall–Kier alpha value is -2.21. The number of carbonyl (C=O) groups is 1. The number of halogens is 1. The molecule has 2 aromatic rings. The van der Waals surface area contributed by atoms with E-state index in [1.165, 1.54) is 12.1 Å². The van der Waals surface area contributed by atoms with Crippen molar-refractivity contribution in [1.29, 1.82) is 0 Å². The van der Waals surface area contributed by atoms with Crippen LogP contribution >= 0.6 is 0 Å². The van der Waals surface area contributed by atoms with E-state index in [1.807, 2.05) is 13.8 Å². The van der Waals surface area contributed by atoms with Crippen LogP contribution < -0.4 is 0 Å². The summed E-state index contributed by atoms with van der Waals surface area (Å²) < 4.78 is 24.4. The highest BCUT2D eigenvalue weighted by atomic mass is 19.1. The van der Waals surface area contributed by atoms with Crippen LogP contribution in [-0.4, -0.2) is 35.5 Å². The van der Waals surface area contributed by atoms with Gasteiger partial charge < -0.3 is 14.1 Å². The fourth-order valence-corrected chi connectivity index (χ4v) is 2.72. The molecule has 128 valence electrons. The summed E-state index contributed by atoms with van der Waals surface area (Å²) in [5, 5.41) is 0. The molecule has 0 bridgehead atoms. The molecule has 1 amide bonds. The molecule has 6 heteroatoms. The number of hydrogen-bond donors (Lipinski definition) is 0. The molecular weight excluding hydrogens is 311 g/mol. The Bertz CT molecular complexity index is 697. The van der Waals surface area contributed by atoms with Crippen molar-refractivity contribution in [3.8, 4) is 0 Å². The van der Waals surface area contributed by atoms with Crippen LogP contribution in [0.3, 0.4) is 0 Å². The molecule has 0 aliphatic carbocycles. The zero-order valence-electron chi connectivity index (χ0n) is 13.9. The first-order valence-corrected chi connectivity index (χ1v) is 8.12. The van der Waals surface area contributed by atoms with Gasteiger partial charge in [0.15, 0.2) is 6.10 Å². The van der Waals surface area contributed by atoms with Gasteiger partial charge in [-0.1, -0.05) is 26.0 Å². The largest absolute Gasteiger partial charge is 0.442 e. The highest BCUT2D eigenvalue weighted by Crippen LogP contribution is 2.24. The van der Waals surface area contributed by atoms with E-state index in [2.05, 4.69) is 4.98 Å². The number of rotatable bonds is 4. The van der Waals surface area contributed by atoms with Crippen LogP contribution in [0, 0.1) is 11.7 Å². The van der Waals surface area contributed by atoms with E-state index in [9.17, 15) is 9.18 Å². The summed E-state index contributed by atoms with van der Waals surface area (Å²) in [4.78, 5) is 18.2. The predicted octanol–water partition coefficient (Wildman–Crippen LogP) is 2.96. The minimum absolute atomic E-state index is 0.0395. The normalized spacial score (nSPS) is 18.2. The molecule has 5 nitrogen and oxygen atoms in total. The summed E-state index contributed by atoms with van der Waals surface area (Å²) in [6, 6.07) is 6.29. The van der Waals surface area contributed by atoms with Gasteiger partial charge in [-0.2, -0.15) is 0 Å². The summed E-state index contributed by atoms with van der Waals surface area (Å²) in [5.74, 6) is 0.979. The maximum absolute atomic E-state index is 12.9. The maximum atomic E-state index is 12.9. The van der Waals surface area contributed by atoms with Crippen molar-refractivity contribution in [1.82, 2.24) is 9.88 Å². The Morgan fingerprint density at radius 3 is 2.83 bits per heavy atom. The summed E-state index contributed by atoms with van der Waals surface area (Å²) in [6.07, 6.45) is 1.85. The second-order valence-electron chi connectivity index (χ2n) is 6.27. The van der Waals surface area contributed by atoms with Crippen molar-refractivity contribution in [2.75, 3.05) is 19.7 Å². The molecule has 0 N–H and O–H groups in total. The lowest BCUT2D eigenvalue weighted by atomic mass is 10.1. The monoisotopic (exact) mass is 332 g/mol. The zero-order valence-corrected chi connectivity index (χ0v) is 13.9. The third kappa shape index (κ3) is 3.82. The van der Waals surface area contributed by atoms with Crippen LogP contribution in [0.15, 0.2) is 34.9 Å². The Kier molecular flexibility index (Phi) is 4.94. The molecule has 1 fully saturated rings. The quantitative estimate of drug-likeness (QED) is 0.864.